The molecular formula is C12H23N3O2S. The topological polar surface area (TPSA) is 87.7 Å². The van der Waals surface area contributed by atoms with Crippen LogP contribution in [0.3, 0.4) is 0 Å². The number of amides is 1. The first-order valence-electron chi connectivity index (χ1n) is 6.31. The van der Waals surface area contributed by atoms with Crippen LogP contribution < -0.4 is 11.1 Å². The lowest BCUT2D eigenvalue weighted by molar-refractivity contribution is -0.127. The van der Waals surface area contributed by atoms with Crippen LogP contribution in [0.1, 0.15) is 39.5 Å². The highest BCUT2D eigenvalue weighted by molar-refractivity contribution is 7.99. The molecule has 0 radical (unpaired) electrons. The Morgan fingerprint density at radius 3 is 2.78 bits per heavy atom. The summed E-state index contributed by atoms with van der Waals surface area (Å²) < 4.78 is 0. The van der Waals surface area contributed by atoms with E-state index < -0.39 is 5.41 Å². The number of carbonyl (C=O) groups is 1. The van der Waals surface area contributed by atoms with Gasteiger partial charge < -0.3 is 16.3 Å². The summed E-state index contributed by atoms with van der Waals surface area (Å²) in [4.78, 5) is 12.3. The molecule has 104 valence electrons. The van der Waals surface area contributed by atoms with Gasteiger partial charge in [-0.3, -0.25) is 4.79 Å². The second-order valence-corrected chi connectivity index (χ2v) is 6.03. The number of nitrogens with one attached hydrogen (secondary N) is 1. The molecule has 1 saturated carbocycles. The summed E-state index contributed by atoms with van der Waals surface area (Å²) in [5.74, 6) is -0.174. The third-order valence-corrected chi connectivity index (χ3v) is 5.12. The maximum Gasteiger partial charge on any atom is 0.233 e. The lowest BCUT2D eigenvalue weighted by Crippen LogP contribution is -2.51. The number of oxime groups is 1. The Balaban J connectivity index is 2.74. The Labute approximate surface area is 113 Å². The quantitative estimate of drug-likeness (QED) is 0.307. The van der Waals surface area contributed by atoms with E-state index >= 15 is 0 Å². The molecule has 3 atom stereocenters. The molecule has 0 spiro atoms. The molecule has 0 aromatic heterocycles. The fourth-order valence-electron chi connectivity index (χ4n) is 2.27. The summed E-state index contributed by atoms with van der Waals surface area (Å²) >= 11 is 1.79. The summed E-state index contributed by atoms with van der Waals surface area (Å²) in [5.41, 5.74) is 4.71. The molecule has 3 unspecified atom stereocenters. The molecule has 0 aliphatic heterocycles. The van der Waals surface area contributed by atoms with Crippen LogP contribution in [0.25, 0.3) is 0 Å². The second-order valence-electron chi connectivity index (χ2n) is 4.96. The van der Waals surface area contributed by atoms with E-state index in [1.807, 2.05) is 6.92 Å². The first-order valence-corrected chi connectivity index (χ1v) is 7.60. The Bertz CT molecular complexity index is 335. The lowest BCUT2D eigenvalue weighted by atomic mass is 9.85. The van der Waals surface area contributed by atoms with E-state index in [0.717, 1.165) is 19.3 Å². The van der Waals surface area contributed by atoms with Gasteiger partial charge in [-0.1, -0.05) is 18.5 Å². The van der Waals surface area contributed by atoms with Crippen LogP contribution >= 0.6 is 11.8 Å². The Morgan fingerprint density at radius 1 is 1.61 bits per heavy atom. The molecule has 0 heterocycles. The van der Waals surface area contributed by atoms with Crippen molar-refractivity contribution < 1.29 is 10.0 Å². The van der Waals surface area contributed by atoms with E-state index in [-0.39, 0.29) is 17.8 Å². The van der Waals surface area contributed by atoms with Crippen molar-refractivity contribution in [1.82, 2.24) is 5.32 Å². The van der Waals surface area contributed by atoms with Crippen LogP contribution in [0.4, 0.5) is 0 Å². The van der Waals surface area contributed by atoms with Crippen molar-refractivity contribution in [3.63, 3.8) is 0 Å². The molecule has 18 heavy (non-hydrogen) atoms. The van der Waals surface area contributed by atoms with E-state index in [1.54, 1.807) is 18.7 Å². The van der Waals surface area contributed by atoms with Crippen molar-refractivity contribution >= 4 is 23.5 Å². The molecular weight excluding hydrogens is 250 g/mol. The number of rotatable bonds is 5. The van der Waals surface area contributed by atoms with E-state index in [2.05, 4.69) is 16.7 Å². The summed E-state index contributed by atoms with van der Waals surface area (Å²) in [6.45, 7) is 3.57. The van der Waals surface area contributed by atoms with Gasteiger partial charge in [-0.15, -0.1) is 0 Å². The van der Waals surface area contributed by atoms with Gasteiger partial charge >= 0.3 is 0 Å². The van der Waals surface area contributed by atoms with Crippen molar-refractivity contribution in [2.45, 2.75) is 50.8 Å². The second kappa shape index (κ2) is 6.31. The number of nitrogens with zero attached hydrogens (tertiary/aromatic N) is 1. The smallest absolute Gasteiger partial charge is 0.233 e. The molecule has 1 rings (SSSR count). The zero-order valence-electron chi connectivity index (χ0n) is 11.3. The van der Waals surface area contributed by atoms with Gasteiger partial charge in [-0.25, -0.2) is 0 Å². The normalized spacial score (nSPS) is 27.8. The minimum atomic E-state index is -0.930. The molecule has 5 nitrogen and oxygen atoms in total. The number of nitrogens with two attached hydrogens (primary N) is 1. The van der Waals surface area contributed by atoms with Crippen LogP contribution in [0.5, 0.6) is 0 Å². The molecule has 0 aromatic carbocycles. The van der Waals surface area contributed by atoms with E-state index in [0.29, 0.717) is 11.7 Å². The van der Waals surface area contributed by atoms with E-state index in [9.17, 15) is 4.79 Å². The highest BCUT2D eigenvalue weighted by atomic mass is 32.2. The van der Waals surface area contributed by atoms with Gasteiger partial charge in [-0.05, 0) is 32.4 Å². The van der Waals surface area contributed by atoms with E-state index in [1.165, 1.54) is 0 Å². The third-order valence-electron chi connectivity index (χ3n) is 3.95. The molecule has 0 saturated heterocycles. The molecule has 4 N–H and O–H groups in total. The number of thioether (sulfide) groups is 1. The monoisotopic (exact) mass is 273 g/mol. The minimum absolute atomic E-state index is 0.0267. The van der Waals surface area contributed by atoms with Gasteiger partial charge in [0, 0.05) is 11.3 Å². The number of amidine groups is 1. The number of hydrogen-bond acceptors (Lipinski definition) is 4. The maximum absolute atomic E-state index is 12.3. The zero-order valence-corrected chi connectivity index (χ0v) is 12.1. The minimum Gasteiger partial charge on any atom is -0.409 e. The largest absolute Gasteiger partial charge is 0.409 e. The zero-order chi connectivity index (χ0) is 13.8. The SMILES string of the molecule is CCC(C)(C(=O)NC1CCCC1SC)C(N)=NO. The summed E-state index contributed by atoms with van der Waals surface area (Å²) in [7, 11) is 0. The summed E-state index contributed by atoms with van der Waals surface area (Å²) in [5, 5.41) is 15.3. The summed E-state index contributed by atoms with van der Waals surface area (Å²) in [6.07, 6.45) is 5.86. The van der Waals surface area contributed by atoms with Crippen molar-refractivity contribution in [3.05, 3.63) is 0 Å². The molecule has 0 bridgehead atoms. The van der Waals surface area contributed by atoms with Gasteiger partial charge in [0.05, 0.1) is 0 Å². The molecule has 0 aromatic rings. The van der Waals surface area contributed by atoms with Crippen molar-refractivity contribution in [3.8, 4) is 0 Å². The molecule has 6 heteroatoms. The maximum atomic E-state index is 12.3. The van der Waals surface area contributed by atoms with Crippen LogP contribution in [0.2, 0.25) is 0 Å². The first kappa shape index (κ1) is 15.1. The van der Waals surface area contributed by atoms with Gasteiger partial charge in [0.15, 0.2) is 5.84 Å². The van der Waals surface area contributed by atoms with Gasteiger partial charge in [0.1, 0.15) is 5.41 Å². The van der Waals surface area contributed by atoms with Gasteiger partial charge in [-0.2, -0.15) is 11.8 Å². The van der Waals surface area contributed by atoms with Crippen LogP contribution in [-0.2, 0) is 4.79 Å². The molecule has 1 fully saturated rings. The highest BCUT2D eigenvalue weighted by Crippen LogP contribution is 2.30. The molecule has 1 aliphatic carbocycles. The lowest BCUT2D eigenvalue weighted by Gasteiger charge is -2.29. The third kappa shape index (κ3) is 2.91. The fraction of sp³-hybridized carbons (Fsp3) is 0.833. The Morgan fingerprint density at radius 2 is 2.28 bits per heavy atom. The standard InChI is InChI=1S/C12H23N3O2S/c1-4-12(2,10(13)15-17)11(16)14-8-6-5-7-9(8)18-3/h8-9,17H,4-7H2,1-3H3,(H2,13,15)(H,14,16). The van der Waals surface area contributed by atoms with Crippen molar-refractivity contribution in [2.75, 3.05) is 6.26 Å². The number of hydrogen-bond donors (Lipinski definition) is 3. The van der Waals surface area contributed by atoms with Crippen LogP contribution in [-0.4, -0.2) is 34.5 Å². The summed E-state index contributed by atoms with van der Waals surface area (Å²) in [6, 6.07) is 0.199. The van der Waals surface area contributed by atoms with Gasteiger partial charge in [0.2, 0.25) is 5.91 Å². The average molecular weight is 273 g/mol. The van der Waals surface area contributed by atoms with Crippen LogP contribution in [0.15, 0.2) is 5.16 Å². The number of carbonyl (C=O) groups excluding carboxylic acids is 1. The first-order chi connectivity index (χ1) is 8.49. The van der Waals surface area contributed by atoms with Crippen molar-refractivity contribution in [2.24, 2.45) is 16.3 Å². The predicted molar refractivity (Wildman–Crippen MR) is 74.9 cm³/mol. The Hall–Kier alpha value is -0.910. The van der Waals surface area contributed by atoms with Crippen LogP contribution in [0, 0.1) is 5.41 Å². The average Bonchev–Trinajstić information content (AvgIpc) is 2.83. The Kier molecular flexibility index (Phi) is 5.31. The molecule has 1 amide bonds. The predicted octanol–water partition coefficient (Wildman–Crippen LogP) is 1.55. The van der Waals surface area contributed by atoms with Gasteiger partial charge in [0.25, 0.3) is 0 Å². The van der Waals surface area contributed by atoms with E-state index in [4.69, 9.17) is 10.9 Å². The highest BCUT2D eigenvalue weighted by Gasteiger charge is 2.39. The molecule has 1 aliphatic rings. The van der Waals surface area contributed by atoms with Crippen molar-refractivity contribution in [1.29, 1.82) is 0 Å². The fourth-order valence-corrected chi connectivity index (χ4v) is 3.20.